The van der Waals surface area contributed by atoms with E-state index in [9.17, 15) is 9.90 Å². The summed E-state index contributed by atoms with van der Waals surface area (Å²) in [6.07, 6.45) is 5.19. The number of thiophene rings is 1. The quantitative estimate of drug-likeness (QED) is 0.490. The van der Waals surface area contributed by atoms with Crippen LogP contribution in [0.3, 0.4) is 0 Å². The van der Waals surface area contributed by atoms with Gasteiger partial charge in [-0.3, -0.25) is 9.69 Å². The van der Waals surface area contributed by atoms with Gasteiger partial charge in [0.25, 0.3) is 0 Å². The Morgan fingerprint density at radius 3 is 2.85 bits per heavy atom. The number of ketones is 1. The fourth-order valence-corrected chi connectivity index (χ4v) is 6.46. The third-order valence-electron chi connectivity index (χ3n) is 7.19. The molecule has 8 heteroatoms. The Kier molecular flexibility index (Phi) is 6.46. The van der Waals surface area contributed by atoms with Crippen LogP contribution in [0.2, 0.25) is 5.02 Å². The summed E-state index contributed by atoms with van der Waals surface area (Å²) in [7, 11) is 2.12. The lowest BCUT2D eigenvalue weighted by Crippen LogP contribution is -2.33. The van der Waals surface area contributed by atoms with E-state index in [1.807, 2.05) is 19.1 Å². The number of carbonyl (C=O) groups is 1. The van der Waals surface area contributed by atoms with Crippen molar-refractivity contribution < 1.29 is 9.90 Å². The molecule has 178 valence electrons. The number of halogens is 1. The number of aliphatic hydroxyl groups is 1. The lowest BCUT2D eigenvalue weighted by Gasteiger charge is -2.35. The number of nitrogens with zero attached hydrogens (tertiary/aromatic N) is 3. The number of rotatable bonds is 5. The highest BCUT2D eigenvalue weighted by Crippen LogP contribution is 2.40. The molecule has 34 heavy (non-hydrogen) atoms. The number of carbonyl (C=O) groups excluding carboxylic acids is 1. The van der Waals surface area contributed by atoms with Crippen molar-refractivity contribution >= 4 is 34.5 Å². The van der Waals surface area contributed by atoms with E-state index in [-0.39, 0.29) is 29.9 Å². The zero-order chi connectivity index (χ0) is 24.0. The zero-order valence-electron chi connectivity index (χ0n) is 19.6. The Bertz CT molecular complexity index is 1220. The van der Waals surface area contributed by atoms with Gasteiger partial charge in [-0.2, -0.15) is 0 Å². The Balaban J connectivity index is 1.46. The Morgan fingerprint density at radius 2 is 2.09 bits per heavy atom. The van der Waals surface area contributed by atoms with Crippen LogP contribution in [0.5, 0.6) is 0 Å². The summed E-state index contributed by atoms with van der Waals surface area (Å²) in [5.41, 5.74) is 4.12. The largest absolute Gasteiger partial charge is 0.393 e. The molecule has 1 aliphatic heterocycles. The van der Waals surface area contributed by atoms with Crippen LogP contribution in [0, 0.1) is 12.8 Å². The Labute approximate surface area is 209 Å². The molecule has 2 aliphatic rings. The molecule has 0 saturated heterocycles. The molecule has 3 aromatic rings. The van der Waals surface area contributed by atoms with E-state index in [1.54, 1.807) is 6.20 Å². The highest BCUT2D eigenvalue weighted by molar-refractivity contribution is 7.14. The topological polar surface area (TPSA) is 78.3 Å². The van der Waals surface area contributed by atoms with E-state index in [0.717, 1.165) is 34.8 Å². The number of aromatic nitrogens is 2. The average molecular weight is 497 g/mol. The van der Waals surface area contributed by atoms with Crippen LogP contribution >= 0.6 is 22.9 Å². The first-order valence-corrected chi connectivity index (χ1v) is 12.9. The van der Waals surface area contributed by atoms with Gasteiger partial charge >= 0.3 is 0 Å². The van der Waals surface area contributed by atoms with Gasteiger partial charge in [0.1, 0.15) is 12.1 Å². The number of fused-ring (bicyclic) bond motifs is 1. The second kappa shape index (κ2) is 9.38. The first-order valence-electron chi connectivity index (χ1n) is 11.7. The number of anilines is 1. The van der Waals surface area contributed by atoms with Crippen LogP contribution in [-0.4, -0.2) is 51.5 Å². The summed E-state index contributed by atoms with van der Waals surface area (Å²) in [6.45, 7) is 5.07. The van der Waals surface area contributed by atoms with Gasteiger partial charge in [0.2, 0.25) is 5.78 Å². The van der Waals surface area contributed by atoms with Gasteiger partial charge in [-0.05, 0) is 74.0 Å². The molecule has 6 nitrogen and oxygen atoms in total. The van der Waals surface area contributed by atoms with Crippen molar-refractivity contribution in [2.75, 3.05) is 18.9 Å². The van der Waals surface area contributed by atoms with E-state index in [1.165, 1.54) is 28.8 Å². The van der Waals surface area contributed by atoms with Crippen molar-refractivity contribution in [3.05, 3.63) is 73.8 Å². The molecule has 1 saturated carbocycles. The van der Waals surface area contributed by atoms with Gasteiger partial charge in [0.15, 0.2) is 0 Å². The van der Waals surface area contributed by atoms with Crippen molar-refractivity contribution in [2.45, 2.75) is 51.3 Å². The maximum atomic E-state index is 13.6. The number of hydrogen-bond acceptors (Lipinski definition) is 7. The minimum atomic E-state index is -0.329. The van der Waals surface area contributed by atoms with E-state index < -0.39 is 0 Å². The maximum absolute atomic E-state index is 13.6. The summed E-state index contributed by atoms with van der Waals surface area (Å²) in [5.74, 6) is 0.675. The second-order valence-electron chi connectivity index (χ2n) is 9.57. The average Bonchev–Trinajstić information content (AvgIpc) is 3.34. The van der Waals surface area contributed by atoms with Gasteiger partial charge in [-0.15, -0.1) is 11.3 Å². The molecule has 0 bridgehead atoms. The minimum Gasteiger partial charge on any atom is -0.393 e. The van der Waals surface area contributed by atoms with E-state index in [2.05, 4.69) is 46.3 Å². The van der Waals surface area contributed by atoms with Gasteiger partial charge in [0, 0.05) is 28.7 Å². The Hall–Kier alpha value is -2.32. The Morgan fingerprint density at radius 1 is 1.26 bits per heavy atom. The van der Waals surface area contributed by atoms with E-state index in [4.69, 9.17) is 11.6 Å². The molecular weight excluding hydrogens is 468 g/mol. The van der Waals surface area contributed by atoms with Crippen LogP contribution < -0.4 is 5.32 Å². The molecule has 0 radical (unpaired) electrons. The van der Waals surface area contributed by atoms with Gasteiger partial charge in [0.05, 0.1) is 22.6 Å². The number of likely N-dealkylation sites (N-methyl/N-ethyl adjacent to an activating group) is 1. The molecule has 1 aliphatic carbocycles. The molecule has 2 aromatic heterocycles. The molecule has 3 heterocycles. The maximum Gasteiger partial charge on any atom is 0.208 e. The predicted molar refractivity (Wildman–Crippen MR) is 136 cm³/mol. The first kappa shape index (κ1) is 23.4. The van der Waals surface area contributed by atoms with E-state index >= 15 is 0 Å². The molecule has 5 rings (SSSR count). The number of aryl methyl sites for hydroxylation is 1. The smallest absolute Gasteiger partial charge is 0.208 e. The number of aliphatic hydroxyl groups excluding tert-OH is 1. The van der Waals surface area contributed by atoms with Gasteiger partial charge in [-0.1, -0.05) is 24.6 Å². The molecule has 1 fully saturated rings. The van der Waals surface area contributed by atoms with E-state index in [0.29, 0.717) is 22.7 Å². The van der Waals surface area contributed by atoms with Gasteiger partial charge < -0.3 is 10.4 Å². The lowest BCUT2D eigenvalue weighted by atomic mass is 9.88. The summed E-state index contributed by atoms with van der Waals surface area (Å²) in [5, 5.41) is 14.2. The highest BCUT2D eigenvalue weighted by atomic mass is 35.5. The third kappa shape index (κ3) is 4.38. The van der Waals surface area contributed by atoms with Crippen molar-refractivity contribution in [1.29, 1.82) is 0 Å². The number of nitrogens with one attached hydrogen (secondary N) is 1. The number of benzene rings is 1. The van der Waals surface area contributed by atoms with Crippen LogP contribution in [-0.2, 0) is 6.42 Å². The first-order chi connectivity index (χ1) is 16.3. The van der Waals surface area contributed by atoms with Crippen molar-refractivity contribution in [2.24, 2.45) is 5.92 Å². The zero-order valence-corrected chi connectivity index (χ0v) is 21.2. The molecular formula is C26H29ClN4O2S. The monoisotopic (exact) mass is 496 g/mol. The van der Waals surface area contributed by atoms with Crippen LogP contribution in [0.4, 0.5) is 5.82 Å². The third-order valence-corrected chi connectivity index (χ3v) is 8.49. The summed E-state index contributed by atoms with van der Waals surface area (Å²) in [6, 6.07) is 8.30. The van der Waals surface area contributed by atoms with Crippen molar-refractivity contribution in [3.8, 4) is 0 Å². The molecule has 2 N–H and O–H groups in total. The molecule has 0 amide bonds. The number of hydrogen-bond donors (Lipinski definition) is 2. The second-order valence-corrected chi connectivity index (χ2v) is 11.3. The SMILES string of the molecule is Cc1sc(C(=O)c2cncnc2N[C@@H]2C[C@@H](C)[C@@H](O)C2)cc1[C@H]1c2cc(Cl)ccc2CCN1C. The summed E-state index contributed by atoms with van der Waals surface area (Å²) >= 11 is 7.86. The lowest BCUT2D eigenvalue weighted by molar-refractivity contribution is 0.104. The van der Waals surface area contributed by atoms with Crippen molar-refractivity contribution in [3.63, 3.8) is 0 Å². The summed E-state index contributed by atoms with van der Waals surface area (Å²) < 4.78 is 0. The van der Waals surface area contributed by atoms with Crippen LogP contribution in [0.15, 0.2) is 36.8 Å². The van der Waals surface area contributed by atoms with Crippen LogP contribution in [0.1, 0.15) is 62.6 Å². The fourth-order valence-electron chi connectivity index (χ4n) is 5.28. The fraction of sp³-hybridized carbons (Fsp3) is 0.423. The highest BCUT2D eigenvalue weighted by Gasteiger charge is 2.32. The molecule has 0 spiro atoms. The predicted octanol–water partition coefficient (Wildman–Crippen LogP) is 4.88. The molecule has 1 aromatic carbocycles. The molecule has 4 atom stereocenters. The van der Waals surface area contributed by atoms with Gasteiger partial charge in [-0.25, -0.2) is 9.97 Å². The minimum absolute atomic E-state index is 0.0614. The normalized spacial score (nSPS) is 24.7. The summed E-state index contributed by atoms with van der Waals surface area (Å²) in [4.78, 5) is 26.2. The van der Waals surface area contributed by atoms with Crippen molar-refractivity contribution in [1.82, 2.24) is 14.9 Å². The van der Waals surface area contributed by atoms with Crippen LogP contribution in [0.25, 0.3) is 0 Å². The molecule has 0 unspecified atom stereocenters. The standard InChI is InChI=1S/C26H29ClN4O2S/c1-14-8-18(10-22(14)32)30-26-21(12-28-13-29-26)25(33)23-11-19(15(2)34-23)24-20-9-17(27)5-4-16(20)6-7-31(24)3/h4-5,9,11-14,18,22,24,32H,6-8,10H2,1-3H3,(H,28,29,30)/t14-,18-,22+,24+/m1/s1.